The molecule has 14 nitrogen and oxygen atoms in total. The molecular weight excluding hydrogens is 878 g/mol. The van der Waals surface area contributed by atoms with Crippen molar-refractivity contribution in [2.75, 3.05) is 11.0 Å². The second-order valence-electron chi connectivity index (χ2n) is 15.5. The number of alkyl halides is 4. The van der Waals surface area contributed by atoms with Gasteiger partial charge in [-0.25, -0.2) is 40.9 Å². The van der Waals surface area contributed by atoms with E-state index in [9.17, 15) is 30.8 Å². The molecule has 3 aromatic carbocycles. The lowest BCUT2D eigenvalue weighted by molar-refractivity contribution is -0.123. The first kappa shape index (κ1) is 42.0. The molecular formula is C41H33ClF6N10O4S. The van der Waals surface area contributed by atoms with Crippen LogP contribution in [0.5, 0.6) is 0 Å². The van der Waals surface area contributed by atoms with Crippen LogP contribution in [0.2, 0.25) is 5.02 Å². The molecule has 2 aliphatic carbocycles. The number of hydrogen-bond donors (Lipinski definition) is 2. The van der Waals surface area contributed by atoms with Crippen molar-refractivity contribution in [2.24, 2.45) is 13.0 Å². The highest BCUT2D eigenvalue weighted by atomic mass is 35.5. The maximum atomic E-state index is 15.5. The Hall–Kier alpha value is -6.35. The number of aromatic nitrogens is 8. The number of rotatable bonds is 12. The van der Waals surface area contributed by atoms with Crippen molar-refractivity contribution in [2.45, 2.75) is 57.0 Å². The molecule has 0 unspecified atom stereocenters. The van der Waals surface area contributed by atoms with Gasteiger partial charge in [0.1, 0.15) is 41.7 Å². The number of fused-ring (bicyclic) bond motifs is 5. The molecule has 9 rings (SSSR count). The van der Waals surface area contributed by atoms with Gasteiger partial charge in [0, 0.05) is 42.8 Å². The number of anilines is 1. The van der Waals surface area contributed by atoms with Gasteiger partial charge < -0.3 is 5.32 Å². The maximum Gasteiger partial charge on any atom is 0.293 e. The van der Waals surface area contributed by atoms with Gasteiger partial charge in [-0.05, 0) is 66.3 Å². The monoisotopic (exact) mass is 910 g/mol. The van der Waals surface area contributed by atoms with Crippen molar-refractivity contribution in [3.63, 3.8) is 0 Å². The molecule has 2 N–H and O–H groups in total. The normalized spacial score (nSPS) is 17.0. The lowest BCUT2D eigenvalue weighted by atomic mass is 10.0. The summed E-state index contributed by atoms with van der Waals surface area (Å²) in [6, 6.07) is 8.63. The van der Waals surface area contributed by atoms with E-state index in [1.807, 2.05) is 6.92 Å². The van der Waals surface area contributed by atoms with E-state index in [1.54, 1.807) is 18.3 Å². The molecule has 1 fully saturated rings. The summed E-state index contributed by atoms with van der Waals surface area (Å²) in [4.78, 5) is 42.6. The lowest BCUT2D eigenvalue weighted by Crippen LogP contribution is -2.38. The van der Waals surface area contributed by atoms with E-state index in [2.05, 4.69) is 30.2 Å². The fourth-order valence-electron chi connectivity index (χ4n) is 8.63. The van der Waals surface area contributed by atoms with Crippen LogP contribution < -0.4 is 15.6 Å². The highest BCUT2D eigenvalue weighted by Crippen LogP contribution is 2.68. The third-order valence-corrected chi connectivity index (χ3v) is 12.1. The Balaban J connectivity index is 1.27. The van der Waals surface area contributed by atoms with E-state index in [4.69, 9.17) is 16.6 Å². The minimum atomic E-state index is -3.92. The van der Waals surface area contributed by atoms with Crippen LogP contribution in [-0.2, 0) is 47.2 Å². The average Bonchev–Trinajstić information content (AvgIpc) is 3.75. The zero-order chi connectivity index (χ0) is 44.9. The van der Waals surface area contributed by atoms with E-state index in [-0.39, 0.29) is 61.7 Å². The van der Waals surface area contributed by atoms with Crippen molar-refractivity contribution in [3.05, 3.63) is 122 Å². The van der Waals surface area contributed by atoms with Gasteiger partial charge in [0.25, 0.3) is 17.9 Å². The fourth-order valence-corrected chi connectivity index (χ4v) is 9.36. The van der Waals surface area contributed by atoms with E-state index >= 15 is 13.6 Å². The second-order valence-corrected chi connectivity index (χ2v) is 17.7. The zero-order valence-corrected chi connectivity index (χ0v) is 34.7. The predicted molar refractivity (Wildman–Crippen MR) is 218 cm³/mol. The largest absolute Gasteiger partial charge is 0.344 e. The van der Waals surface area contributed by atoms with Crippen LogP contribution in [-0.4, -0.2) is 59.7 Å². The zero-order valence-electron chi connectivity index (χ0n) is 33.2. The smallest absolute Gasteiger partial charge is 0.293 e. The van der Waals surface area contributed by atoms with Gasteiger partial charge in [-0.3, -0.25) is 28.2 Å². The maximum absolute atomic E-state index is 15.5. The summed E-state index contributed by atoms with van der Waals surface area (Å²) < 4.78 is 119. The molecule has 1 amide bonds. The minimum Gasteiger partial charge on any atom is -0.344 e. The fraction of sp³-hybridized carbons (Fsp3) is 0.293. The summed E-state index contributed by atoms with van der Waals surface area (Å²) >= 11 is 6.64. The molecule has 22 heteroatoms. The molecule has 0 bridgehead atoms. The van der Waals surface area contributed by atoms with Crippen molar-refractivity contribution >= 4 is 55.2 Å². The average molecular weight is 911 g/mol. The minimum absolute atomic E-state index is 0.00570. The Bertz CT molecular complexity index is 3210. The molecule has 4 aromatic heterocycles. The van der Waals surface area contributed by atoms with Gasteiger partial charge >= 0.3 is 0 Å². The van der Waals surface area contributed by atoms with Gasteiger partial charge in [0.2, 0.25) is 15.9 Å². The number of carbonyl (C=O) groups is 1. The predicted octanol–water partition coefficient (Wildman–Crippen LogP) is 7.04. The van der Waals surface area contributed by atoms with Gasteiger partial charge in [-0.2, -0.15) is 19.0 Å². The highest BCUT2D eigenvalue weighted by molar-refractivity contribution is 7.92. The van der Waals surface area contributed by atoms with Crippen molar-refractivity contribution in [3.8, 4) is 16.8 Å². The summed E-state index contributed by atoms with van der Waals surface area (Å²) in [6.07, 6.45) is 0.721. The van der Waals surface area contributed by atoms with E-state index in [0.717, 1.165) is 23.0 Å². The second kappa shape index (κ2) is 15.2. The van der Waals surface area contributed by atoms with Crippen LogP contribution in [0.3, 0.4) is 0 Å². The van der Waals surface area contributed by atoms with Gasteiger partial charge in [-0.15, -0.1) is 0 Å². The molecule has 2 aliphatic rings. The molecule has 0 aliphatic heterocycles. The Morgan fingerprint density at radius 3 is 2.51 bits per heavy atom. The van der Waals surface area contributed by atoms with Crippen molar-refractivity contribution in [1.29, 1.82) is 0 Å². The number of amides is 1. The van der Waals surface area contributed by atoms with Gasteiger partial charge in [0.05, 0.1) is 50.5 Å². The standard InChI is InChI=1S/C41H33ClF6N10O4S/c1-4-27-24(15-49-17-50-27)19-5-6-22-28(12-19)52-39(58(40(22)60)30-8-7-26(42)33-35(30)56(2)54-38(33)55-63(3,61)62)29(11-18-9-20(43)13-21(44)10-18)51-31(59)16-57-36-32(34(53-57)37(45)46)23-14-25(23)41(36,47)48/h5-10,12-13,15,17,23,25,29,37H,4,11,14,16H2,1-3H3,(H,51,59)(H,54,55)/t23-,25+,29-/m0/s1. The van der Waals surface area contributed by atoms with Crippen LogP contribution in [0.25, 0.3) is 38.6 Å². The highest BCUT2D eigenvalue weighted by Gasteiger charge is 2.67. The quantitative estimate of drug-likeness (QED) is 0.122. The summed E-state index contributed by atoms with van der Waals surface area (Å²) in [5.74, 6) is -9.04. The lowest BCUT2D eigenvalue weighted by Gasteiger charge is -2.24. The first-order valence-corrected chi connectivity index (χ1v) is 21.6. The molecule has 0 saturated heterocycles. The van der Waals surface area contributed by atoms with E-state index < -0.39 is 87.7 Å². The van der Waals surface area contributed by atoms with Gasteiger partial charge in [-0.1, -0.05) is 24.6 Å². The molecule has 63 heavy (non-hydrogen) atoms. The Morgan fingerprint density at radius 2 is 1.81 bits per heavy atom. The molecule has 4 heterocycles. The topological polar surface area (TPSA) is 172 Å². The number of hydrogen-bond acceptors (Lipinski definition) is 9. The van der Waals surface area contributed by atoms with Crippen LogP contribution >= 0.6 is 11.6 Å². The number of aryl methyl sites for hydroxylation is 2. The number of nitrogens with one attached hydrogen (secondary N) is 2. The number of sulfonamides is 1. The third kappa shape index (κ3) is 7.35. The number of nitrogens with zero attached hydrogens (tertiary/aromatic N) is 8. The number of halogens is 7. The summed E-state index contributed by atoms with van der Waals surface area (Å²) in [5, 5.41) is 10.9. The van der Waals surface area contributed by atoms with E-state index in [1.165, 1.54) is 36.3 Å². The molecule has 326 valence electrons. The van der Waals surface area contributed by atoms with Crippen LogP contribution in [0.4, 0.5) is 32.2 Å². The third-order valence-electron chi connectivity index (χ3n) is 11.2. The Kier molecular flexibility index (Phi) is 10.1. The number of benzene rings is 3. The molecule has 0 radical (unpaired) electrons. The summed E-state index contributed by atoms with van der Waals surface area (Å²) in [5.41, 5.74) is -0.630. The molecule has 7 aromatic rings. The SMILES string of the molecule is CCc1ncncc1-c1ccc2c(=O)n(-c3ccc(Cl)c4c(NS(C)(=O)=O)nn(C)c34)c([C@H](Cc3cc(F)cc(F)c3)NC(=O)Cn3nc(C(F)F)c4c3C(F)(F)[C@@H]3C[C@H]43)nc2c1. The van der Waals surface area contributed by atoms with Crippen LogP contribution in [0.15, 0.2) is 65.8 Å². The van der Waals surface area contributed by atoms with E-state index in [0.29, 0.717) is 34.0 Å². The molecule has 1 saturated carbocycles. The van der Waals surface area contributed by atoms with Crippen LogP contribution in [0, 0.1) is 17.6 Å². The summed E-state index contributed by atoms with van der Waals surface area (Å²) in [7, 11) is -2.46. The molecule has 3 atom stereocenters. The number of carbonyl (C=O) groups excluding carboxylic acids is 1. The van der Waals surface area contributed by atoms with Crippen molar-refractivity contribution in [1.82, 2.24) is 44.4 Å². The molecule has 0 spiro atoms. The summed E-state index contributed by atoms with van der Waals surface area (Å²) in [6.45, 7) is 0.906. The van der Waals surface area contributed by atoms with Gasteiger partial charge in [0.15, 0.2) is 5.82 Å². The first-order valence-electron chi connectivity index (χ1n) is 19.3. The Morgan fingerprint density at radius 1 is 1.06 bits per heavy atom. The first-order chi connectivity index (χ1) is 29.8. The van der Waals surface area contributed by atoms with Crippen molar-refractivity contribution < 1.29 is 39.6 Å². The van der Waals surface area contributed by atoms with Crippen LogP contribution in [0.1, 0.15) is 65.8 Å². The Labute approximate surface area is 358 Å².